The molecule has 0 radical (unpaired) electrons. The quantitative estimate of drug-likeness (QED) is 0.362. The molecule has 2 atom stereocenters. The average Bonchev–Trinajstić information content (AvgIpc) is 2.28. The van der Waals surface area contributed by atoms with Crippen molar-refractivity contribution in [2.45, 2.75) is 32.2 Å². The minimum Gasteiger partial charge on any atom is -0.394 e. The Morgan fingerprint density at radius 1 is 0.800 bits per heavy atom. The summed E-state index contributed by atoms with van der Waals surface area (Å²) in [5.74, 6) is 0. The van der Waals surface area contributed by atoms with E-state index in [0.717, 1.165) is 0 Å². The van der Waals surface area contributed by atoms with Crippen LogP contribution in [0.25, 0.3) is 0 Å². The Kier molecular flexibility index (Phi) is 13.5. The predicted octanol–water partition coefficient (Wildman–Crippen LogP) is -1.90. The van der Waals surface area contributed by atoms with Gasteiger partial charge in [-0.15, -0.1) is 0 Å². The number of aliphatic hydroxyl groups is 5. The van der Waals surface area contributed by atoms with Crippen LogP contribution in [0.1, 0.15) is 13.8 Å². The first-order valence-electron chi connectivity index (χ1n) is 4.78. The highest BCUT2D eigenvalue weighted by molar-refractivity contribution is 4.50. The number of ether oxygens (including phenoxy) is 1. The van der Waals surface area contributed by atoms with E-state index >= 15 is 0 Å². The van der Waals surface area contributed by atoms with Gasteiger partial charge in [-0.3, -0.25) is 0 Å². The van der Waals surface area contributed by atoms with Gasteiger partial charge in [-0.25, -0.2) is 0 Å². The summed E-state index contributed by atoms with van der Waals surface area (Å²) in [4.78, 5) is 0. The van der Waals surface area contributed by atoms with Gasteiger partial charge >= 0.3 is 0 Å². The minimum atomic E-state index is -0.954. The third-order valence-corrected chi connectivity index (χ3v) is 1.40. The zero-order valence-corrected chi connectivity index (χ0v) is 9.20. The minimum absolute atomic E-state index is 0.00431. The van der Waals surface area contributed by atoms with Gasteiger partial charge in [0.1, 0.15) is 6.10 Å². The molecule has 0 aliphatic heterocycles. The van der Waals surface area contributed by atoms with E-state index in [0.29, 0.717) is 0 Å². The summed E-state index contributed by atoms with van der Waals surface area (Å²) in [7, 11) is 0. The van der Waals surface area contributed by atoms with E-state index in [1.165, 1.54) is 0 Å². The van der Waals surface area contributed by atoms with Crippen LogP contribution in [-0.4, -0.2) is 70.3 Å². The predicted molar refractivity (Wildman–Crippen MR) is 54.4 cm³/mol. The van der Waals surface area contributed by atoms with E-state index in [4.69, 9.17) is 30.3 Å². The van der Waals surface area contributed by atoms with Crippen molar-refractivity contribution in [3.63, 3.8) is 0 Å². The Morgan fingerprint density at radius 2 is 1.13 bits per heavy atom. The van der Waals surface area contributed by atoms with Crippen LogP contribution in [0.3, 0.4) is 0 Å². The Balaban J connectivity index is 0. The molecule has 0 saturated carbocycles. The lowest BCUT2D eigenvalue weighted by Gasteiger charge is -2.14. The molecule has 0 aromatic carbocycles. The van der Waals surface area contributed by atoms with E-state index in [1.807, 2.05) is 0 Å². The molecule has 15 heavy (non-hydrogen) atoms. The van der Waals surface area contributed by atoms with Crippen LogP contribution in [0.2, 0.25) is 0 Å². The number of rotatable bonds is 6. The standard InChI is InChI=1S/C6H14O3.C3H8O3/c1-5(3-7)9-6(2)4-8;4-1-3(6)2-5/h5-8H,3-4H2,1-2H3;3-6H,1-2H2. The van der Waals surface area contributed by atoms with Crippen molar-refractivity contribution < 1.29 is 30.3 Å². The first-order chi connectivity index (χ1) is 7.01. The molecular weight excluding hydrogens is 204 g/mol. The fourth-order valence-electron chi connectivity index (χ4n) is 0.540. The molecule has 0 heterocycles. The van der Waals surface area contributed by atoms with Gasteiger partial charge in [0.25, 0.3) is 0 Å². The number of hydrogen-bond acceptors (Lipinski definition) is 6. The van der Waals surface area contributed by atoms with Crippen LogP contribution >= 0.6 is 0 Å². The lowest BCUT2D eigenvalue weighted by atomic mass is 10.4. The lowest BCUT2D eigenvalue weighted by molar-refractivity contribution is -0.0424. The normalized spacial score (nSPS) is 14.4. The molecule has 0 aliphatic rings. The Hall–Kier alpha value is -0.240. The largest absolute Gasteiger partial charge is 0.394 e. The second-order valence-corrected chi connectivity index (χ2v) is 3.14. The van der Waals surface area contributed by atoms with Gasteiger partial charge in [-0.1, -0.05) is 0 Å². The molecule has 2 unspecified atom stereocenters. The third kappa shape index (κ3) is 13.8. The highest BCUT2D eigenvalue weighted by Gasteiger charge is 2.04. The van der Waals surface area contributed by atoms with E-state index in [-0.39, 0.29) is 38.6 Å². The maximum absolute atomic E-state index is 8.47. The highest BCUT2D eigenvalue weighted by atomic mass is 16.5. The maximum Gasteiger partial charge on any atom is 0.100 e. The van der Waals surface area contributed by atoms with Crippen molar-refractivity contribution in [1.82, 2.24) is 0 Å². The van der Waals surface area contributed by atoms with Crippen LogP contribution in [0.4, 0.5) is 0 Å². The van der Waals surface area contributed by atoms with Crippen molar-refractivity contribution in [3.8, 4) is 0 Å². The molecule has 0 saturated heterocycles. The third-order valence-electron chi connectivity index (χ3n) is 1.40. The monoisotopic (exact) mass is 226 g/mol. The van der Waals surface area contributed by atoms with Crippen LogP contribution in [-0.2, 0) is 4.74 Å². The topological polar surface area (TPSA) is 110 Å². The summed E-state index contributed by atoms with van der Waals surface area (Å²) < 4.78 is 5.05. The molecule has 6 heteroatoms. The SMILES string of the molecule is CC(CO)OC(C)CO.OCC(O)CO. The summed E-state index contributed by atoms with van der Waals surface area (Å²) in [6.45, 7) is 2.79. The average molecular weight is 226 g/mol. The molecule has 94 valence electrons. The molecule has 0 aromatic rings. The fourth-order valence-corrected chi connectivity index (χ4v) is 0.540. The van der Waals surface area contributed by atoms with E-state index in [9.17, 15) is 0 Å². The first kappa shape index (κ1) is 17.2. The Morgan fingerprint density at radius 3 is 1.27 bits per heavy atom. The second-order valence-electron chi connectivity index (χ2n) is 3.14. The van der Waals surface area contributed by atoms with Gasteiger partial charge < -0.3 is 30.3 Å². The summed E-state index contributed by atoms with van der Waals surface area (Å²) >= 11 is 0. The maximum atomic E-state index is 8.47. The molecular formula is C9H22O6. The summed E-state index contributed by atoms with van der Waals surface area (Å²) in [5.41, 5.74) is 0. The van der Waals surface area contributed by atoms with Crippen molar-refractivity contribution in [1.29, 1.82) is 0 Å². The van der Waals surface area contributed by atoms with Crippen molar-refractivity contribution in [2.75, 3.05) is 26.4 Å². The zero-order valence-electron chi connectivity index (χ0n) is 9.20. The molecule has 0 aliphatic carbocycles. The van der Waals surface area contributed by atoms with E-state index in [2.05, 4.69) is 0 Å². The zero-order chi connectivity index (χ0) is 12.3. The second kappa shape index (κ2) is 11.8. The van der Waals surface area contributed by atoms with Gasteiger partial charge in [0.15, 0.2) is 0 Å². The fraction of sp³-hybridized carbons (Fsp3) is 1.00. The smallest absolute Gasteiger partial charge is 0.100 e. The van der Waals surface area contributed by atoms with Crippen molar-refractivity contribution in [2.24, 2.45) is 0 Å². The van der Waals surface area contributed by atoms with Gasteiger partial charge in [0.2, 0.25) is 0 Å². The molecule has 0 fully saturated rings. The molecule has 0 aromatic heterocycles. The van der Waals surface area contributed by atoms with Crippen LogP contribution in [0.15, 0.2) is 0 Å². The molecule has 0 spiro atoms. The molecule has 6 nitrogen and oxygen atoms in total. The van der Waals surface area contributed by atoms with Gasteiger partial charge in [0, 0.05) is 0 Å². The number of aliphatic hydroxyl groups excluding tert-OH is 5. The van der Waals surface area contributed by atoms with E-state index < -0.39 is 6.10 Å². The molecule has 0 amide bonds. The van der Waals surface area contributed by atoms with Crippen LogP contribution < -0.4 is 0 Å². The van der Waals surface area contributed by atoms with Crippen LogP contribution in [0.5, 0.6) is 0 Å². The molecule has 0 bridgehead atoms. The number of hydrogen-bond donors (Lipinski definition) is 5. The van der Waals surface area contributed by atoms with Gasteiger partial charge in [-0.2, -0.15) is 0 Å². The Bertz CT molecular complexity index is 109. The van der Waals surface area contributed by atoms with Crippen molar-refractivity contribution >= 4 is 0 Å². The lowest BCUT2D eigenvalue weighted by Crippen LogP contribution is -2.22. The van der Waals surface area contributed by atoms with E-state index in [1.54, 1.807) is 13.8 Å². The summed E-state index contributed by atoms with van der Waals surface area (Å²) in [6.07, 6.45) is -1.30. The highest BCUT2D eigenvalue weighted by Crippen LogP contribution is 1.94. The van der Waals surface area contributed by atoms with Gasteiger partial charge in [-0.05, 0) is 13.8 Å². The van der Waals surface area contributed by atoms with Crippen molar-refractivity contribution in [3.05, 3.63) is 0 Å². The summed E-state index contributed by atoms with van der Waals surface area (Å²) in [6, 6.07) is 0. The summed E-state index contributed by atoms with van der Waals surface area (Å²) in [5, 5.41) is 41.0. The Labute approximate surface area is 89.7 Å². The first-order valence-corrected chi connectivity index (χ1v) is 4.78. The molecule has 0 rings (SSSR count). The van der Waals surface area contributed by atoms with Gasteiger partial charge in [0.05, 0.1) is 38.6 Å². The van der Waals surface area contributed by atoms with Crippen LogP contribution in [0, 0.1) is 0 Å². The molecule has 5 N–H and O–H groups in total.